The number of carbonyl (C=O) groups is 1. The maximum absolute atomic E-state index is 11.7. The van der Waals surface area contributed by atoms with Crippen LogP contribution in [-0.4, -0.2) is 36.4 Å². The van der Waals surface area contributed by atoms with Crippen LogP contribution >= 0.6 is 0 Å². The van der Waals surface area contributed by atoms with Crippen LogP contribution in [0, 0.1) is 17.8 Å². The molecular weight excluding hydrogens is 242 g/mol. The fourth-order valence-electron chi connectivity index (χ4n) is 3.92. The van der Waals surface area contributed by atoms with Crippen LogP contribution in [0.3, 0.4) is 0 Å². The molecule has 4 nitrogen and oxygen atoms in total. The van der Waals surface area contributed by atoms with Crippen LogP contribution in [0.15, 0.2) is 0 Å². The summed E-state index contributed by atoms with van der Waals surface area (Å²) in [4.78, 5) is 11.7. The number of methoxy groups -OCH3 is 1. The summed E-state index contributed by atoms with van der Waals surface area (Å²) in [6.07, 6.45) is 5.75. The Morgan fingerprint density at radius 1 is 1.32 bits per heavy atom. The second-order valence-electron chi connectivity index (χ2n) is 6.52. The van der Waals surface area contributed by atoms with Gasteiger partial charge in [-0.05, 0) is 43.4 Å². The van der Waals surface area contributed by atoms with Gasteiger partial charge in [-0.3, -0.25) is 4.79 Å². The van der Waals surface area contributed by atoms with Crippen molar-refractivity contribution >= 4 is 5.97 Å². The molecule has 2 aliphatic carbocycles. The SMILES string of the molecule is COC(=O)[C@@H](NC[C@@]1(O)C2CCC[C@@H]1CC2)C(C)C. The van der Waals surface area contributed by atoms with E-state index in [1.54, 1.807) is 0 Å². The monoisotopic (exact) mass is 269 g/mol. The van der Waals surface area contributed by atoms with Gasteiger partial charge in [-0.2, -0.15) is 0 Å². The summed E-state index contributed by atoms with van der Waals surface area (Å²) in [6.45, 7) is 4.50. The average Bonchev–Trinajstić information content (AvgIpc) is 2.59. The Morgan fingerprint density at radius 3 is 2.37 bits per heavy atom. The highest BCUT2D eigenvalue weighted by molar-refractivity contribution is 5.75. The smallest absolute Gasteiger partial charge is 0.323 e. The second kappa shape index (κ2) is 5.80. The summed E-state index contributed by atoms with van der Waals surface area (Å²) >= 11 is 0. The number of ether oxygens (including phenoxy) is 1. The van der Waals surface area contributed by atoms with Gasteiger partial charge in [0.1, 0.15) is 6.04 Å². The van der Waals surface area contributed by atoms with Crippen molar-refractivity contribution in [2.75, 3.05) is 13.7 Å². The number of aliphatic hydroxyl groups is 1. The highest BCUT2D eigenvalue weighted by atomic mass is 16.5. The topological polar surface area (TPSA) is 58.6 Å². The van der Waals surface area contributed by atoms with Gasteiger partial charge in [-0.15, -0.1) is 0 Å². The van der Waals surface area contributed by atoms with Crippen molar-refractivity contribution in [3.05, 3.63) is 0 Å². The number of fused-ring (bicyclic) bond motifs is 2. The van der Waals surface area contributed by atoms with Gasteiger partial charge in [-0.1, -0.05) is 20.3 Å². The lowest BCUT2D eigenvalue weighted by Crippen LogP contribution is -2.55. The Balaban J connectivity index is 1.98. The van der Waals surface area contributed by atoms with Crippen LogP contribution in [0.5, 0.6) is 0 Å². The van der Waals surface area contributed by atoms with E-state index in [9.17, 15) is 9.90 Å². The number of esters is 1. The lowest BCUT2D eigenvalue weighted by Gasteiger charge is -2.40. The van der Waals surface area contributed by atoms with Gasteiger partial charge in [0.05, 0.1) is 12.7 Å². The standard InChI is InChI=1S/C15H27NO3/c1-10(2)13(14(17)19-3)16-9-15(18)11-5-4-6-12(15)8-7-11/h10-13,16,18H,4-9H2,1-3H3/t11-,12?,13+,15+/m1/s1. The molecule has 1 unspecified atom stereocenters. The normalized spacial score (nSPS) is 35.4. The Hall–Kier alpha value is -0.610. The van der Waals surface area contributed by atoms with E-state index in [0.29, 0.717) is 18.4 Å². The molecule has 2 fully saturated rings. The molecule has 4 heteroatoms. The van der Waals surface area contributed by atoms with Crippen LogP contribution in [0.25, 0.3) is 0 Å². The molecule has 2 N–H and O–H groups in total. The molecule has 0 saturated heterocycles. The molecule has 0 aliphatic heterocycles. The number of hydrogen-bond acceptors (Lipinski definition) is 4. The van der Waals surface area contributed by atoms with Gasteiger partial charge in [-0.25, -0.2) is 0 Å². The summed E-state index contributed by atoms with van der Waals surface area (Å²) in [5.41, 5.74) is -0.612. The van der Waals surface area contributed by atoms with Gasteiger partial charge in [0, 0.05) is 6.54 Å². The Bertz CT molecular complexity index is 313. The molecule has 0 aromatic heterocycles. The first kappa shape index (κ1) is 14.8. The van der Waals surface area contributed by atoms with E-state index in [-0.39, 0.29) is 17.9 Å². The third-order valence-electron chi connectivity index (χ3n) is 5.11. The lowest BCUT2D eigenvalue weighted by molar-refractivity contribution is -0.145. The van der Waals surface area contributed by atoms with Crippen LogP contribution in [-0.2, 0) is 9.53 Å². The summed E-state index contributed by atoms with van der Waals surface area (Å²) < 4.78 is 4.83. The predicted octanol–water partition coefficient (Wildman–Crippen LogP) is 1.71. The van der Waals surface area contributed by atoms with Crippen LogP contribution in [0.2, 0.25) is 0 Å². The minimum Gasteiger partial charge on any atom is -0.468 e. The van der Waals surface area contributed by atoms with E-state index in [1.165, 1.54) is 13.5 Å². The first-order chi connectivity index (χ1) is 8.99. The molecule has 0 heterocycles. The minimum absolute atomic E-state index is 0.164. The van der Waals surface area contributed by atoms with Crippen molar-refractivity contribution in [3.8, 4) is 0 Å². The van der Waals surface area contributed by atoms with Gasteiger partial charge in [0.2, 0.25) is 0 Å². The zero-order valence-corrected chi connectivity index (χ0v) is 12.3. The summed E-state index contributed by atoms with van der Waals surface area (Å²) in [6, 6.07) is -0.324. The highest BCUT2D eigenvalue weighted by Crippen LogP contribution is 2.49. The third kappa shape index (κ3) is 2.79. The third-order valence-corrected chi connectivity index (χ3v) is 5.11. The average molecular weight is 269 g/mol. The molecule has 110 valence electrons. The van der Waals surface area contributed by atoms with Crippen LogP contribution < -0.4 is 5.32 Å². The van der Waals surface area contributed by atoms with E-state index >= 15 is 0 Å². The zero-order valence-electron chi connectivity index (χ0n) is 12.3. The van der Waals surface area contributed by atoms with Gasteiger partial charge in [0.25, 0.3) is 0 Å². The number of nitrogens with one attached hydrogen (secondary N) is 1. The van der Waals surface area contributed by atoms with Gasteiger partial charge >= 0.3 is 5.97 Å². The van der Waals surface area contributed by atoms with Crippen molar-refractivity contribution in [3.63, 3.8) is 0 Å². The Morgan fingerprint density at radius 2 is 1.89 bits per heavy atom. The first-order valence-corrected chi connectivity index (χ1v) is 7.52. The number of carbonyl (C=O) groups excluding carboxylic acids is 1. The molecule has 2 rings (SSSR count). The van der Waals surface area contributed by atoms with E-state index < -0.39 is 5.60 Å². The predicted molar refractivity (Wildman–Crippen MR) is 73.7 cm³/mol. The van der Waals surface area contributed by atoms with Gasteiger partial charge < -0.3 is 15.2 Å². The van der Waals surface area contributed by atoms with Crippen molar-refractivity contribution in [1.29, 1.82) is 0 Å². The minimum atomic E-state index is -0.612. The van der Waals surface area contributed by atoms with Crippen molar-refractivity contribution < 1.29 is 14.6 Å². The first-order valence-electron chi connectivity index (χ1n) is 7.52. The molecule has 4 atom stereocenters. The van der Waals surface area contributed by atoms with Crippen molar-refractivity contribution in [1.82, 2.24) is 5.32 Å². The molecule has 0 amide bonds. The van der Waals surface area contributed by atoms with E-state index in [2.05, 4.69) is 5.32 Å². The van der Waals surface area contributed by atoms with E-state index in [0.717, 1.165) is 25.7 Å². The second-order valence-corrected chi connectivity index (χ2v) is 6.52. The highest BCUT2D eigenvalue weighted by Gasteiger charge is 2.50. The Kier molecular flexibility index (Phi) is 4.51. The van der Waals surface area contributed by atoms with Crippen molar-refractivity contribution in [2.24, 2.45) is 17.8 Å². The maximum Gasteiger partial charge on any atom is 0.323 e. The molecule has 0 radical (unpaired) electrons. The lowest BCUT2D eigenvalue weighted by atomic mass is 9.74. The fraction of sp³-hybridized carbons (Fsp3) is 0.933. The van der Waals surface area contributed by atoms with E-state index in [4.69, 9.17) is 4.74 Å². The molecule has 2 saturated carbocycles. The largest absolute Gasteiger partial charge is 0.468 e. The zero-order chi connectivity index (χ0) is 14.0. The summed E-state index contributed by atoms with van der Waals surface area (Å²) in [5, 5.41) is 14.2. The maximum atomic E-state index is 11.7. The molecule has 2 bridgehead atoms. The molecular formula is C15H27NO3. The molecule has 19 heavy (non-hydrogen) atoms. The number of hydrogen-bond donors (Lipinski definition) is 2. The summed E-state index contributed by atoms with van der Waals surface area (Å²) in [5.74, 6) is 0.743. The number of rotatable bonds is 5. The van der Waals surface area contributed by atoms with Crippen molar-refractivity contribution in [2.45, 2.75) is 57.6 Å². The quantitative estimate of drug-likeness (QED) is 0.746. The van der Waals surface area contributed by atoms with Gasteiger partial charge in [0.15, 0.2) is 0 Å². The summed E-state index contributed by atoms with van der Waals surface area (Å²) in [7, 11) is 1.42. The van der Waals surface area contributed by atoms with Crippen LogP contribution in [0.4, 0.5) is 0 Å². The van der Waals surface area contributed by atoms with Crippen LogP contribution in [0.1, 0.15) is 46.0 Å². The molecule has 0 aromatic carbocycles. The molecule has 2 aliphatic rings. The van der Waals surface area contributed by atoms with E-state index in [1.807, 2.05) is 13.8 Å². The Labute approximate surface area is 115 Å². The fourth-order valence-corrected chi connectivity index (χ4v) is 3.92. The molecule has 0 aromatic rings. The molecule has 0 spiro atoms.